The molecule has 2 rings (SSSR count). The van der Waals surface area contributed by atoms with E-state index in [2.05, 4.69) is 4.98 Å². The fraction of sp³-hybridized carbons (Fsp3) is 0.444. The third-order valence-electron chi connectivity index (χ3n) is 2.55. The third-order valence-corrected chi connectivity index (χ3v) is 2.55. The van der Waals surface area contributed by atoms with E-state index in [0.29, 0.717) is 5.69 Å². The first kappa shape index (κ1) is 10.7. The smallest absolute Gasteiger partial charge is 0.363 e. The predicted octanol–water partition coefficient (Wildman–Crippen LogP) is 1.69. The van der Waals surface area contributed by atoms with E-state index in [9.17, 15) is 18.9 Å². The minimum absolute atomic E-state index is 0.241. The highest BCUT2D eigenvalue weighted by atomic mass is 19.3. The van der Waals surface area contributed by atoms with E-state index >= 15 is 0 Å². The van der Waals surface area contributed by atoms with Gasteiger partial charge in [-0.2, -0.15) is 0 Å². The van der Waals surface area contributed by atoms with Crippen molar-refractivity contribution in [2.75, 3.05) is 18.0 Å². The summed E-state index contributed by atoms with van der Waals surface area (Å²) in [6, 6.07) is 2.79. The van der Waals surface area contributed by atoms with Crippen molar-refractivity contribution in [2.45, 2.75) is 6.43 Å². The summed E-state index contributed by atoms with van der Waals surface area (Å²) in [5.74, 6) is -0.843. The summed E-state index contributed by atoms with van der Waals surface area (Å²) < 4.78 is 24.4. The van der Waals surface area contributed by atoms with Crippen molar-refractivity contribution in [3.63, 3.8) is 0 Å². The van der Waals surface area contributed by atoms with E-state index in [1.165, 1.54) is 18.3 Å². The summed E-state index contributed by atoms with van der Waals surface area (Å²) in [7, 11) is 0. The highest BCUT2D eigenvalue weighted by molar-refractivity contribution is 5.48. The van der Waals surface area contributed by atoms with Crippen LogP contribution in [0.2, 0.25) is 0 Å². The minimum atomic E-state index is -2.30. The zero-order chi connectivity index (χ0) is 11.7. The maximum absolute atomic E-state index is 12.2. The molecule has 0 radical (unpaired) electrons. The molecule has 1 aliphatic rings. The number of halogens is 2. The first-order valence-electron chi connectivity index (χ1n) is 4.71. The van der Waals surface area contributed by atoms with Gasteiger partial charge in [0, 0.05) is 19.2 Å². The molecule has 1 aromatic rings. The Balaban J connectivity index is 1.99. The lowest BCUT2D eigenvalue weighted by Gasteiger charge is -2.39. The molecule has 1 saturated heterocycles. The van der Waals surface area contributed by atoms with E-state index < -0.39 is 17.3 Å². The Hall–Kier alpha value is -1.79. The molecule has 0 bridgehead atoms. The number of hydrogen-bond donors (Lipinski definition) is 0. The fourth-order valence-electron chi connectivity index (χ4n) is 1.56. The second-order valence-corrected chi connectivity index (χ2v) is 3.63. The van der Waals surface area contributed by atoms with Crippen LogP contribution in [-0.4, -0.2) is 29.4 Å². The van der Waals surface area contributed by atoms with E-state index in [4.69, 9.17) is 0 Å². The minimum Gasteiger partial charge on any atom is -0.367 e. The molecular weight excluding hydrogens is 220 g/mol. The SMILES string of the molecule is O=[N+]([O-])c1ccc(N2CC(C(F)F)C2)cn1. The summed E-state index contributed by atoms with van der Waals surface area (Å²) in [6.07, 6.45) is -0.970. The number of alkyl halides is 2. The Morgan fingerprint density at radius 2 is 2.19 bits per heavy atom. The topological polar surface area (TPSA) is 59.3 Å². The molecule has 0 unspecified atom stereocenters. The number of pyridine rings is 1. The number of anilines is 1. The Bertz CT molecular complexity index is 390. The molecule has 0 aliphatic carbocycles. The molecule has 1 aliphatic heterocycles. The molecule has 5 nitrogen and oxygen atoms in total. The standard InChI is InChI=1S/C9H9F2N3O2/c10-9(11)6-4-13(5-6)7-1-2-8(12-3-7)14(15)16/h1-3,6,9H,4-5H2. The van der Waals surface area contributed by atoms with Gasteiger partial charge in [0.15, 0.2) is 6.20 Å². The Morgan fingerprint density at radius 1 is 1.50 bits per heavy atom. The number of hydrogen-bond acceptors (Lipinski definition) is 4. The van der Waals surface area contributed by atoms with E-state index in [-0.39, 0.29) is 18.9 Å². The van der Waals surface area contributed by atoms with Gasteiger partial charge in [0.1, 0.15) is 0 Å². The van der Waals surface area contributed by atoms with Crippen LogP contribution in [0.4, 0.5) is 20.3 Å². The second-order valence-electron chi connectivity index (χ2n) is 3.63. The van der Waals surface area contributed by atoms with Crippen LogP contribution in [0.25, 0.3) is 0 Å². The van der Waals surface area contributed by atoms with Crippen LogP contribution in [-0.2, 0) is 0 Å². The van der Waals surface area contributed by atoms with Gasteiger partial charge < -0.3 is 15.0 Å². The van der Waals surface area contributed by atoms with Crippen molar-refractivity contribution in [3.05, 3.63) is 28.4 Å². The van der Waals surface area contributed by atoms with Crippen molar-refractivity contribution >= 4 is 11.5 Å². The first-order chi connectivity index (χ1) is 7.58. The third kappa shape index (κ3) is 1.93. The van der Waals surface area contributed by atoms with Gasteiger partial charge >= 0.3 is 5.82 Å². The quantitative estimate of drug-likeness (QED) is 0.584. The van der Waals surface area contributed by atoms with Crippen LogP contribution in [0.3, 0.4) is 0 Å². The van der Waals surface area contributed by atoms with Crippen LogP contribution in [0.1, 0.15) is 0 Å². The van der Waals surface area contributed by atoms with Gasteiger partial charge in [-0.3, -0.25) is 0 Å². The molecule has 2 heterocycles. The van der Waals surface area contributed by atoms with Crippen LogP contribution in [0, 0.1) is 16.0 Å². The van der Waals surface area contributed by atoms with Gasteiger partial charge in [-0.15, -0.1) is 0 Å². The van der Waals surface area contributed by atoms with E-state index in [0.717, 1.165) is 0 Å². The van der Waals surface area contributed by atoms with Crippen molar-refractivity contribution < 1.29 is 13.7 Å². The average molecular weight is 229 g/mol. The number of nitro groups is 1. The van der Waals surface area contributed by atoms with Crippen molar-refractivity contribution in [1.82, 2.24) is 4.98 Å². The molecular formula is C9H9F2N3O2. The van der Waals surface area contributed by atoms with Gasteiger partial charge in [-0.1, -0.05) is 0 Å². The highest BCUT2D eigenvalue weighted by Crippen LogP contribution is 2.28. The van der Waals surface area contributed by atoms with Crippen LogP contribution in [0.5, 0.6) is 0 Å². The molecule has 0 amide bonds. The van der Waals surface area contributed by atoms with E-state index in [1.807, 2.05) is 0 Å². The molecule has 0 N–H and O–H groups in total. The monoisotopic (exact) mass is 229 g/mol. The van der Waals surface area contributed by atoms with E-state index in [1.54, 1.807) is 4.90 Å². The first-order valence-corrected chi connectivity index (χ1v) is 4.71. The lowest BCUT2D eigenvalue weighted by atomic mass is 10.0. The lowest BCUT2D eigenvalue weighted by molar-refractivity contribution is -0.389. The second kappa shape index (κ2) is 3.99. The molecule has 16 heavy (non-hydrogen) atoms. The van der Waals surface area contributed by atoms with Crippen LogP contribution >= 0.6 is 0 Å². The van der Waals surface area contributed by atoms with Gasteiger partial charge in [-0.05, 0) is 16.0 Å². The number of rotatable bonds is 3. The molecule has 0 atom stereocenters. The fourth-order valence-corrected chi connectivity index (χ4v) is 1.56. The van der Waals surface area contributed by atoms with Gasteiger partial charge in [0.2, 0.25) is 6.43 Å². The Morgan fingerprint density at radius 3 is 2.62 bits per heavy atom. The molecule has 1 aromatic heterocycles. The van der Waals surface area contributed by atoms with Crippen LogP contribution < -0.4 is 4.90 Å². The maximum Gasteiger partial charge on any atom is 0.363 e. The molecule has 0 saturated carbocycles. The normalized spacial score (nSPS) is 16.3. The molecule has 0 spiro atoms. The molecule has 1 fully saturated rings. The van der Waals surface area contributed by atoms with Crippen molar-refractivity contribution in [2.24, 2.45) is 5.92 Å². The van der Waals surface area contributed by atoms with Gasteiger partial charge in [-0.25, -0.2) is 8.78 Å². The lowest BCUT2D eigenvalue weighted by Crippen LogP contribution is -2.50. The Kier molecular flexibility index (Phi) is 2.67. The average Bonchev–Trinajstić information content (AvgIpc) is 2.15. The van der Waals surface area contributed by atoms with Gasteiger partial charge in [0.05, 0.1) is 11.6 Å². The maximum atomic E-state index is 12.2. The predicted molar refractivity (Wildman–Crippen MR) is 52.6 cm³/mol. The van der Waals surface area contributed by atoms with Crippen molar-refractivity contribution in [1.29, 1.82) is 0 Å². The summed E-state index contributed by atoms with van der Waals surface area (Å²) >= 11 is 0. The zero-order valence-corrected chi connectivity index (χ0v) is 8.22. The van der Waals surface area contributed by atoms with Gasteiger partial charge in [0.25, 0.3) is 0 Å². The Labute approximate surface area is 89.8 Å². The highest BCUT2D eigenvalue weighted by Gasteiger charge is 2.34. The number of nitrogens with zero attached hydrogens (tertiary/aromatic N) is 3. The molecule has 0 aromatic carbocycles. The van der Waals surface area contributed by atoms with Crippen LogP contribution in [0.15, 0.2) is 18.3 Å². The largest absolute Gasteiger partial charge is 0.367 e. The molecule has 7 heteroatoms. The summed E-state index contributed by atoms with van der Waals surface area (Å²) in [5.41, 5.74) is 0.641. The molecule has 86 valence electrons. The van der Waals surface area contributed by atoms with Crippen molar-refractivity contribution in [3.8, 4) is 0 Å². The number of aromatic nitrogens is 1. The summed E-state index contributed by atoms with van der Waals surface area (Å²) in [6.45, 7) is 0.550. The summed E-state index contributed by atoms with van der Waals surface area (Å²) in [4.78, 5) is 15.1. The zero-order valence-electron chi connectivity index (χ0n) is 8.22. The summed E-state index contributed by atoms with van der Waals surface area (Å²) in [5, 5.41) is 10.3.